The summed E-state index contributed by atoms with van der Waals surface area (Å²) in [6.07, 6.45) is 4.66. The van der Waals surface area contributed by atoms with E-state index in [1.165, 1.54) is 10.9 Å². The van der Waals surface area contributed by atoms with Gasteiger partial charge in [-0.2, -0.15) is 10.1 Å². The zero-order valence-electron chi connectivity index (χ0n) is 17.9. The first-order chi connectivity index (χ1) is 15.9. The van der Waals surface area contributed by atoms with Crippen molar-refractivity contribution in [2.45, 2.75) is 12.5 Å². The SMILES string of the molecule is C[C@@](O)(c1ccc2c(C(=O)N3CCOCC3)nn(-c3ccnc(N)n3)c2c1)c1ncccn1. The fraction of sp³-hybridized carbons (Fsp3) is 0.273. The number of nitrogen functional groups attached to an aromatic ring is 1. The van der Waals surface area contributed by atoms with E-state index >= 15 is 0 Å². The second kappa shape index (κ2) is 8.19. The average molecular weight is 446 g/mol. The quantitative estimate of drug-likeness (QED) is 0.467. The van der Waals surface area contributed by atoms with Crippen LogP contribution in [0.4, 0.5) is 5.95 Å². The fourth-order valence-electron chi connectivity index (χ4n) is 3.83. The normalized spacial score (nSPS) is 16.0. The van der Waals surface area contributed by atoms with Crippen molar-refractivity contribution in [3.63, 3.8) is 0 Å². The van der Waals surface area contributed by atoms with Gasteiger partial charge in [0.1, 0.15) is 5.60 Å². The van der Waals surface area contributed by atoms with Gasteiger partial charge in [-0.15, -0.1) is 0 Å². The number of aromatic nitrogens is 6. The van der Waals surface area contributed by atoms with Crippen molar-refractivity contribution in [2.24, 2.45) is 0 Å². The average Bonchev–Trinajstić information content (AvgIpc) is 3.23. The van der Waals surface area contributed by atoms with Crippen molar-refractivity contribution in [3.8, 4) is 5.82 Å². The molecule has 168 valence electrons. The second-order valence-electron chi connectivity index (χ2n) is 7.81. The van der Waals surface area contributed by atoms with Gasteiger partial charge in [0.15, 0.2) is 17.3 Å². The van der Waals surface area contributed by atoms with Gasteiger partial charge in [0.25, 0.3) is 5.91 Å². The summed E-state index contributed by atoms with van der Waals surface area (Å²) in [5.74, 6) is 0.542. The highest BCUT2D eigenvalue weighted by atomic mass is 16.5. The van der Waals surface area contributed by atoms with Gasteiger partial charge in [-0.05, 0) is 30.7 Å². The van der Waals surface area contributed by atoms with E-state index in [9.17, 15) is 9.90 Å². The third-order valence-corrected chi connectivity index (χ3v) is 5.62. The van der Waals surface area contributed by atoms with Gasteiger partial charge in [-0.3, -0.25) is 4.79 Å². The Hall–Kier alpha value is -3.96. The zero-order chi connectivity index (χ0) is 23.0. The van der Waals surface area contributed by atoms with E-state index in [-0.39, 0.29) is 23.4 Å². The molecule has 1 amide bonds. The highest BCUT2D eigenvalue weighted by molar-refractivity contribution is 6.05. The molecule has 1 saturated heterocycles. The van der Waals surface area contributed by atoms with Crippen molar-refractivity contribution in [1.82, 2.24) is 34.6 Å². The number of fused-ring (bicyclic) bond motifs is 1. The lowest BCUT2D eigenvalue weighted by atomic mass is 9.94. The van der Waals surface area contributed by atoms with Crippen LogP contribution in [0.3, 0.4) is 0 Å². The topological polar surface area (TPSA) is 145 Å². The molecule has 1 aromatic carbocycles. The number of carbonyl (C=O) groups is 1. The first-order valence-electron chi connectivity index (χ1n) is 10.4. The van der Waals surface area contributed by atoms with Crippen LogP contribution in [0.2, 0.25) is 0 Å². The number of ether oxygens (including phenoxy) is 1. The van der Waals surface area contributed by atoms with Crippen molar-refractivity contribution < 1.29 is 14.6 Å². The molecule has 1 aliphatic heterocycles. The van der Waals surface area contributed by atoms with E-state index in [1.807, 2.05) is 0 Å². The standard InChI is InChI=1S/C22H22N8O3/c1-22(32,20-24-6-2-7-25-20)14-3-4-15-16(13-14)30(17-5-8-26-21(23)27-17)28-18(15)19(31)29-9-11-33-12-10-29/h2-8,13,32H,9-12H2,1H3,(H2,23,26,27)/t22-/m1/s1. The molecule has 11 heteroatoms. The molecular weight excluding hydrogens is 424 g/mol. The van der Waals surface area contributed by atoms with E-state index < -0.39 is 5.60 Å². The van der Waals surface area contributed by atoms with Crippen LogP contribution in [0, 0.1) is 0 Å². The molecular formula is C22H22N8O3. The molecule has 3 N–H and O–H groups in total. The Labute approximate surface area is 188 Å². The zero-order valence-corrected chi connectivity index (χ0v) is 17.9. The third-order valence-electron chi connectivity index (χ3n) is 5.62. The van der Waals surface area contributed by atoms with Crippen LogP contribution >= 0.6 is 0 Å². The number of hydrogen-bond acceptors (Lipinski definition) is 9. The monoisotopic (exact) mass is 446 g/mol. The molecule has 0 aliphatic carbocycles. The second-order valence-corrected chi connectivity index (χ2v) is 7.81. The van der Waals surface area contributed by atoms with Gasteiger partial charge in [0, 0.05) is 43.1 Å². The maximum Gasteiger partial charge on any atom is 0.275 e. The molecule has 33 heavy (non-hydrogen) atoms. The molecule has 3 aromatic heterocycles. The maximum absolute atomic E-state index is 13.3. The molecule has 0 saturated carbocycles. The lowest BCUT2D eigenvalue weighted by molar-refractivity contribution is 0.0300. The number of morpholine rings is 1. The number of aliphatic hydroxyl groups is 1. The smallest absolute Gasteiger partial charge is 0.275 e. The number of nitrogens with zero attached hydrogens (tertiary/aromatic N) is 7. The summed E-state index contributed by atoms with van der Waals surface area (Å²) in [5, 5.41) is 16.5. The summed E-state index contributed by atoms with van der Waals surface area (Å²) >= 11 is 0. The van der Waals surface area contributed by atoms with Gasteiger partial charge in [-0.25, -0.2) is 19.6 Å². The van der Waals surface area contributed by atoms with Crippen LogP contribution in [-0.2, 0) is 10.3 Å². The van der Waals surface area contributed by atoms with Gasteiger partial charge in [0.05, 0.1) is 18.7 Å². The molecule has 1 atom stereocenters. The van der Waals surface area contributed by atoms with Crippen LogP contribution in [-0.4, -0.2) is 71.9 Å². The maximum atomic E-state index is 13.3. The van der Waals surface area contributed by atoms with Gasteiger partial charge in [0.2, 0.25) is 5.95 Å². The summed E-state index contributed by atoms with van der Waals surface area (Å²) in [4.78, 5) is 31.6. The number of anilines is 1. The van der Waals surface area contributed by atoms with Gasteiger partial charge < -0.3 is 20.5 Å². The number of nitrogens with two attached hydrogens (primary N) is 1. The van der Waals surface area contributed by atoms with E-state index in [0.717, 1.165) is 0 Å². The largest absolute Gasteiger partial charge is 0.378 e. The minimum absolute atomic E-state index is 0.0815. The van der Waals surface area contributed by atoms with Crippen LogP contribution in [0.1, 0.15) is 28.8 Å². The van der Waals surface area contributed by atoms with Gasteiger partial charge >= 0.3 is 0 Å². The fourth-order valence-corrected chi connectivity index (χ4v) is 3.83. The molecule has 5 rings (SSSR count). The molecule has 0 radical (unpaired) electrons. The Morgan fingerprint density at radius 3 is 2.61 bits per heavy atom. The van der Waals surface area contributed by atoms with Crippen LogP contribution in [0.15, 0.2) is 48.9 Å². The first-order valence-corrected chi connectivity index (χ1v) is 10.4. The number of benzene rings is 1. The van der Waals surface area contributed by atoms with Crippen molar-refractivity contribution in [3.05, 3.63) is 66.0 Å². The molecule has 0 bridgehead atoms. The Morgan fingerprint density at radius 1 is 1.12 bits per heavy atom. The molecule has 4 aromatic rings. The van der Waals surface area contributed by atoms with E-state index in [0.29, 0.717) is 48.6 Å². The van der Waals surface area contributed by atoms with Crippen LogP contribution < -0.4 is 5.73 Å². The van der Waals surface area contributed by atoms with Gasteiger partial charge in [-0.1, -0.05) is 6.07 Å². The highest BCUT2D eigenvalue weighted by Gasteiger charge is 2.31. The molecule has 0 unspecified atom stereocenters. The summed E-state index contributed by atoms with van der Waals surface area (Å²) in [6, 6.07) is 8.60. The molecule has 0 spiro atoms. The molecule has 11 nitrogen and oxygen atoms in total. The summed E-state index contributed by atoms with van der Waals surface area (Å²) in [5.41, 5.74) is 5.72. The highest BCUT2D eigenvalue weighted by Crippen LogP contribution is 2.31. The number of rotatable bonds is 4. The van der Waals surface area contributed by atoms with E-state index in [2.05, 4.69) is 25.0 Å². The number of hydrogen-bond donors (Lipinski definition) is 2. The van der Waals surface area contributed by atoms with Crippen molar-refractivity contribution in [1.29, 1.82) is 0 Å². The lowest BCUT2D eigenvalue weighted by Crippen LogP contribution is -2.41. The third kappa shape index (κ3) is 3.77. The molecule has 1 aliphatic rings. The van der Waals surface area contributed by atoms with Crippen LogP contribution in [0.25, 0.3) is 16.7 Å². The Morgan fingerprint density at radius 2 is 1.88 bits per heavy atom. The minimum Gasteiger partial charge on any atom is -0.378 e. The first kappa shape index (κ1) is 20.9. The van der Waals surface area contributed by atoms with E-state index in [4.69, 9.17) is 10.5 Å². The van der Waals surface area contributed by atoms with Crippen molar-refractivity contribution >= 4 is 22.8 Å². The molecule has 1 fully saturated rings. The minimum atomic E-state index is -1.47. The van der Waals surface area contributed by atoms with Crippen LogP contribution in [0.5, 0.6) is 0 Å². The summed E-state index contributed by atoms with van der Waals surface area (Å²) in [6.45, 7) is 3.57. The van der Waals surface area contributed by atoms with Crippen molar-refractivity contribution in [2.75, 3.05) is 32.0 Å². The molecule has 4 heterocycles. The Bertz CT molecular complexity index is 1320. The number of carbonyl (C=O) groups excluding carboxylic acids is 1. The Kier molecular flexibility index (Phi) is 5.19. The Balaban J connectivity index is 1.68. The lowest BCUT2D eigenvalue weighted by Gasteiger charge is -2.26. The summed E-state index contributed by atoms with van der Waals surface area (Å²) in [7, 11) is 0. The predicted molar refractivity (Wildman–Crippen MR) is 118 cm³/mol. The number of amides is 1. The van der Waals surface area contributed by atoms with E-state index in [1.54, 1.807) is 54.5 Å². The summed E-state index contributed by atoms with van der Waals surface area (Å²) < 4.78 is 6.90. The predicted octanol–water partition coefficient (Wildman–Crippen LogP) is 0.916.